The minimum absolute atomic E-state index is 0.113. The lowest BCUT2D eigenvalue weighted by molar-refractivity contribution is -0.116. The van der Waals surface area contributed by atoms with E-state index in [4.69, 9.17) is 10.5 Å². The fraction of sp³-hybridized carbons (Fsp3) is 0.176. The summed E-state index contributed by atoms with van der Waals surface area (Å²) in [6.07, 6.45) is 0.985. The molecule has 3 N–H and O–H groups in total. The number of rotatable bonds is 6. The third kappa shape index (κ3) is 4.34. The maximum Gasteiger partial charge on any atom is 0.248 e. The molecule has 0 fully saturated rings. The first-order valence-electron chi connectivity index (χ1n) is 6.91. The molecule has 5 nitrogen and oxygen atoms in total. The molecule has 22 heavy (non-hydrogen) atoms. The first kappa shape index (κ1) is 15.6. The van der Waals surface area contributed by atoms with Gasteiger partial charge in [-0.05, 0) is 42.3 Å². The summed E-state index contributed by atoms with van der Waals surface area (Å²) < 4.78 is 5.09. The van der Waals surface area contributed by atoms with Gasteiger partial charge in [-0.2, -0.15) is 0 Å². The molecular formula is C17H18N2O3. The van der Waals surface area contributed by atoms with Gasteiger partial charge in [0.2, 0.25) is 11.8 Å². The Morgan fingerprint density at radius 1 is 1.14 bits per heavy atom. The molecule has 2 aromatic rings. The molecule has 0 radical (unpaired) electrons. The van der Waals surface area contributed by atoms with Crippen molar-refractivity contribution in [1.82, 2.24) is 0 Å². The Hall–Kier alpha value is -2.82. The van der Waals surface area contributed by atoms with Gasteiger partial charge in [-0.25, -0.2) is 0 Å². The zero-order valence-corrected chi connectivity index (χ0v) is 12.3. The lowest BCUT2D eigenvalue weighted by atomic mass is 10.1. The summed E-state index contributed by atoms with van der Waals surface area (Å²) in [5.41, 5.74) is 7.20. The Labute approximate surface area is 129 Å². The number of nitrogens with one attached hydrogen (secondary N) is 1. The number of methoxy groups -OCH3 is 1. The second-order valence-corrected chi connectivity index (χ2v) is 4.84. The Bertz CT molecular complexity index is 666. The van der Waals surface area contributed by atoms with Gasteiger partial charge in [-0.3, -0.25) is 9.59 Å². The van der Waals surface area contributed by atoms with E-state index in [1.807, 2.05) is 24.3 Å². The van der Waals surface area contributed by atoms with Crippen molar-refractivity contribution in [3.05, 3.63) is 59.7 Å². The molecule has 114 valence electrons. The van der Waals surface area contributed by atoms with Crippen LogP contribution in [0.15, 0.2) is 48.5 Å². The van der Waals surface area contributed by atoms with Crippen LogP contribution in [-0.4, -0.2) is 18.9 Å². The van der Waals surface area contributed by atoms with Crippen molar-refractivity contribution in [3.63, 3.8) is 0 Å². The zero-order chi connectivity index (χ0) is 15.9. The summed E-state index contributed by atoms with van der Waals surface area (Å²) in [6.45, 7) is 0. The molecule has 0 aromatic heterocycles. The Balaban J connectivity index is 1.89. The third-order valence-corrected chi connectivity index (χ3v) is 3.23. The highest BCUT2D eigenvalue weighted by atomic mass is 16.5. The molecule has 0 spiro atoms. The van der Waals surface area contributed by atoms with Crippen molar-refractivity contribution in [3.8, 4) is 5.75 Å². The van der Waals surface area contributed by atoms with Gasteiger partial charge in [0.1, 0.15) is 5.75 Å². The lowest BCUT2D eigenvalue weighted by Gasteiger charge is -2.07. The molecule has 2 amide bonds. The molecule has 0 aliphatic heterocycles. The highest BCUT2D eigenvalue weighted by Gasteiger charge is 2.06. The van der Waals surface area contributed by atoms with Crippen molar-refractivity contribution in [2.75, 3.05) is 12.4 Å². The number of aryl methyl sites for hydroxylation is 1. The number of anilines is 1. The lowest BCUT2D eigenvalue weighted by Crippen LogP contribution is -2.14. The minimum atomic E-state index is -0.519. The highest BCUT2D eigenvalue weighted by Crippen LogP contribution is 2.14. The molecule has 0 atom stereocenters. The Morgan fingerprint density at radius 3 is 2.50 bits per heavy atom. The van der Waals surface area contributed by atoms with E-state index in [9.17, 15) is 9.59 Å². The standard InChI is InChI=1S/C17H18N2O3/c1-22-15-8-5-12(6-9-15)7-10-16(20)19-14-4-2-3-13(11-14)17(18)21/h2-6,8-9,11H,7,10H2,1H3,(H2,18,21)(H,19,20). The minimum Gasteiger partial charge on any atom is -0.497 e. The van der Waals surface area contributed by atoms with E-state index >= 15 is 0 Å². The number of ether oxygens (including phenoxy) is 1. The van der Waals surface area contributed by atoms with E-state index in [2.05, 4.69) is 5.32 Å². The quantitative estimate of drug-likeness (QED) is 0.859. The number of carbonyl (C=O) groups excluding carboxylic acids is 2. The van der Waals surface area contributed by atoms with E-state index < -0.39 is 5.91 Å². The van der Waals surface area contributed by atoms with Gasteiger partial charge >= 0.3 is 0 Å². The van der Waals surface area contributed by atoms with Crippen LogP contribution in [0.5, 0.6) is 5.75 Å². The van der Waals surface area contributed by atoms with Crippen LogP contribution < -0.4 is 15.8 Å². The summed E-state index contributed by atoms with van der Waals surface area (Å²) >= 11 is 0. The summed E-state index contributed by atoms with van der Waals surface area (Å²) in [4.78, 5) is 23.0. The predicted molar refractivity (Wildman–Crippen MR) is 84.9 cm³/mol. The first-order valence-corrected chi connectivity index (χ1v) is 6.91. The van der Waals surface area contributed by atoms with Crippen LogP contribution in [-0.2, 0) is 11.2 Å². The van der Waals surface area contributed by atoms with Gasteiger partial charge in [0.05, 0.1) is 7.11 Å². The molecule has 0 bridgehead atoms. The van der Waals surface area contributed by atoms with Crippen molar-refractivity contribution >= 4 is 17.5 Å². The second kappa shape index (κ2) is 7.26. The summed E-state index contributed by atoms with van der Waals surface area (Å²) in [5.74, 6) is 0.156. The van der Waals surface area contributed by atoms with Gasteiger partial charge in [-0.1, -0.05) is 18.2 Å². The van der Waals surface area contributed by atoms with Gasteiger partial charge in [0.25, 0.3) is 0 Å². The number of carbonyl (C=O) groups is 2. The van der Waals surface area contributed by atoms with Crippen LogP contribution in [0.4, 0.5) is 5.69 Å². The molecule has 5 heteroatoms. The normalized spacial score (nSPS) is 10.0. The van der Waals surface area contributed by atoms with Crippen molar-refractivity contribution in [2.45, 2.75) is 12.8 Å². The number of nitrogens with two attached hydrogens (primary N) is 1. The van der Waals surface area contributed by atoms with Crippen LogP contribution in [0.25, 0.3) is 0 Å². The number of hydrogen-bond donors (Lipinski definition) is 2. The molecule has 0 unspecified atom stereocenters. The number of hydrogen-bond acceptors (Lipinski definition) is 3. The largest absolute Gasteiger partial charge is 0.497 e. The van der Waals surface area contributed by atoms with E-state index in [-0.39, 0.29) is 5.91 Å². The van der Waals surface area contributed by atoms with Crippen LogP contribution in [0, 0.1) is 0 Å². The number of benzene rings is 2. The fourth-order valence-electron chi connectivity index (χ4n) is 2.02. The monoisotopic (exact) mass is 298 g/mol. The van der Waals surface area contributed by atoms with Gasteiger partial charge in [0.15, 0.2) is 0 Å². The fourth-order valence-corrected chi connectivity index (χ4v) is 2.02. The van der Waals surface area contributed by atoms with Gasteiger partial charge in [-0.15, -0.1) is 0 Å². The van der Waals surface area contributed by atoms with Crippen molar-refractivity contribution < 1.29 is 14.3 Å². The summed E-state index contributed by atoms with van der Waals surface area (Å²) in [7, 11) is 1.61. The number of amides is 2. The molecule has 2 aromatic carbocycles. The topological polar surface area (TPSA) is 81.4 Å². The van der Waals surface area contributed by atoms with E-state index in [1.165, 1.54) is 0 Å². The number of primary amides is 1. The highest BCUT2D eigenvalue weighted by molar-refractivity contribution is 5.96. The maximum absolute atomic E-state index is 11.9. The molecule has 0 aliphatic carbocycles. The van der Waals surface area contributed by atoms with Crippen LogP contribution in [0.2, 0.25) is 0 Å². The molecule has 0 heterocycles. The molecule has 0 saturated carbocycles. The molecule has 0 aliphatic rings. The first-order chi connectivity index (χ1) is 10.6. The molecule has 2 rings (SSSR count). The second-order valence-electron chi connectivity index (χ2n) is 4.84. The Morgan fingerprint density at radius 2 is 1.86 bits per heavy atom. The zero-order valence-electron chi connectivity index (χ0n) is 12.3. The van der Waals surface area contributed by atoms with Crippen LogP contribution in [0.1, 0.15) is 22.3 Å². The SMILES string of the molecule is COc1ccc(CCC(=O)Nc2cccc(C(N)=O)c2)cc1. The van der Waals surface area contributed by atoms with Gasteiger partial charge < -0.3 is 15.8 Å². The summed E-state index contributed by atoms with van der Waals surface area (Å²) in [6, 6.07) is 14.2. The molecule has 0 saturated heterocycles. The van der Waals surface area contributed by atoms with E-state index in [1.54, 1.807) is 31.4 Å². The average molecular weight is 298 g/mol. The Kier molecular flexibility index (Phi) is 5.14. The van der Waals surface area contributed by atoms with Crippen LogP contribution in [0.3, 0.4) is 0 Å². The average Bonchev–Trinajstić information content (AvgIpc) is 2.53. The smallest absolute Gasteiger partial charge is 0.248 e. The van der Waals surface area contributed by atoms with Crippen molar-refractivity contribution in [1.29, 1.82) is 0 Å². The van der Waals surface area contributed by atoms with Gasteiger partial charge in [0, 0.05) is 17.7 Å². The van der Waals surface area contributed by atoms with Crippen molar-refractivity contribution in [2.24, 2.45) is 5.73 Å². The van der Waals surface area contributed by atoms with E-state index in [0.29, 0.717) is 24.1 Å². The van der Waals surface area contributed by atoms with E-state index in [0.717, 1.165) is 11.3 Å². The third-order valence-electron chi connectivity index (χ3n) is 3.23. The predicted octanol–water partition coefficient (Wildman–Crippen LogP) is 2.37. The maximum atomic E-state index is 11.9. The molecular weight excluding hydrogens is 280 g/mol. The van der Waals surface area contributed by atoms with Crippen LogP contribution >= 0.6 is 0 Å². The summed E-state index contributed by atoms with van der Waals surface area (Å²) in [5, 5.41) is 2.76.